The first-order valence-electron chi connectivity index (χ1n) is 7.31. The van der Waals surface area contributed by atoms with Gasteiger partial charge in [0.05, 0.1) is 0 Å². The highest BCUT2D eigenvalue weighted by Crippen LogP contribution is 2.27. The molecule has 0 amide bonds. The Hall–Kier alpha value is -1.76. The highest BCUT2D eigenvalue weighted by molar-refractivity contribution is 6.04. The van der Waals surface area contributed by atoms with Crippen LogP contribution in [-0.2, 0) is 0 Å². The van der Waals surface area contributed by atoms with E-state index in [4.69, 9.17) is 4.42 Å². The van der Waals surface area contributed by atoms with Crippen molar-refractivity contribution < 1.29 is 4.42 Å². The van der Waals surface area contributed by atoms with Crippen LogP contribution in [0, 0.1) is 0 Å². The molecule has 0 atom stereocenters. The molecular weight excluding hydrogens is 232 g/mol. The van der Waals surface area contributed by atoms with Gasteiger partial charge in [-0.25, -0.2) is 0 Å². The highest BCUT2D eigenvalue weighted by atomic mass is 16.3. The van der Waals surface area contributed by atoms with Gasteiger partial charge in [-0.2, -0.15) is 0 Å². The summed E-state index contributed by atoms with van der Waals surface area (Å²) in [6, 6.07) is 16.2. The maximum atomic E-state index is 5.65. The van der Waals surface area contributed by atoms with Crippen LogP contribution >= 0.6 is 0 Å². The quantitative estimate of drug-likeness (QED) is 0.483. The minimum atomic E-state index is 0.962. The molecule has 0 N–H and O–H groups in total. The van der Waals surface area contributed by atoms with E-state index < -0.39 is 0 Å². The Kier molecular flexibility index (Phi) is 3.83. The van der Waals surface area contributed by atoms with Gasteiger partial charge < -0.3 is 4.42 Å². The second-order valence-electron chi connectivity index (χ2n) is 5.22. The summed E-state index contributed by atoms with van der Waals surface area (Å²) >= 11 is 0. The number of rotatable bonds is 0. The van der Waals surface area contributed by atoms with Crippen LogP contribution in [0.25, 0.3) is 21.9 Å². The van der Waals surface area contributed by atoms with E-state index in [-0.39, 0.29) is 0 Å². The van der Waals surface area contributed by atoms with Crippen molar-refractivity contribution in [2.75, 3.05) is 0 Å². The maximum Gasteiger partial charge on any atom is 0.135 e. The Morgan fingerprint density at radius 2 is 0.895 bits per heavy atom. The van der Waals surface area contributed by atoms with E-state index in [0.717, 1.165) is 11.2 Å². The molecule has 0 aliphatic heterocycles. The first-order valence-corrected chi connectivity index (χ1v) is 7.31. The number of hydrogen-bond acceptors (Lipinski definition) is 1. The number of hydrogen-bond donors (Lipinski definition) is 0. The van der Waals surface area contributed by atoms with Crippen molar-refractivity contribution in [1.82, 2.24) is 0 Å². The SMILES string of the molecule is C1CCCCC1.c1ccc2c(c1)oc1ccccc12. The Labute approximate surface area is 114 Å². The van der Waals surface area contributed by atoms with E-state index in [1.54, 1.807) is 0 Å². The minimum absolute atomic E-state index is 0.962. The van der Waals surface area contributed by atoms with Crippen molar-refractivity contribution in [2.45, 2.75) is 38.5 Å². The summed E-state index contributed by atoms with van der Waals surface area (Å²) in [6.45, 7) is 0. The summed E-state index contributed by atoms with van der Waals surface area (Å²) in [6.07, 6.45) is 9.00. The summed E-state index contributed by atoms with van der Waals surface area (Å²) < 4.78 is 5.65. The Bertz CT molecular complexity index is 585. The molecule has 98 valence electrons. The van der Waals surface area contributed by atoms with Crippen molar-refractivity contribution in [2.24, 2.45) is 0 Å². The van der Waals surface area contributed by atoms with Gasteiger partial charge in [0.1, 0.15) is 11.2 Å². The standard InChI is InChI=1S/C12H8O.C6H12/c1-3-7-11-9(5-1)10-6-2-4-8-12(10)13-11;1-2-4-6-5-3-1/h1-8H;1-6H2. The lowest BCUT2D eigenvalue weighted by atomic mass is 10.0. The molecule has 1 aliphatic rings. The number of para-hydroxylation sites is 2. The predicted octanol–water partition coefficient (Wildman–Crippen LogP) is 5.93. The molecular formula is C18H20O. The van der Waals surface area contributed by atoms with Gasteiger partial charge in [0.2, 0.25) is 0 Å². The van der Waals surface area contributed by atoms with E-state index in [2.05, 4.69) is 12.1 Å². The Balaban J connectivity index is 0.000000155. The van der Waals surface area contributed by atoms with Crippen LogP contribution in [0.15, 0.2) is 52.9 Å². The first kappa shape index (κ1) is 12.3. The molecule has 1 heteroatoms. The van der Waals surface area contributed by atoms with Crippen molar-refractivity contribution in [3.05, 3.63) is 48.5 Å². The molecule has 1 nitrogen and oxygen atoms in total. The second kappa shape index (κ2) is 5.92. The van der Waals surface area contributed by atoms with E-state index in [0.29, 0.717) is 0 Å². The maximum absolute atomic E-state index is 5.65. The molecule has 19 heavy (non-hydrogen) atoms. The third-order valence-corrected chi connectivity index (χ3v) is 3.78. The van der Waals surface area contributed by atoms with Gasteiger partial charge in [-0.15, -0.1) is 0 Å². The molecule has 3 aromatic rings. The van der Waals surface area contributed by atoms with Crippen molar-refractivity contribution >= 4 is 21.9 Å². The molecule has 2 aromatic carbocycles. The molecule has 0 radical (unpaired) electrons. The fraction of sp³-hybridized carbons (Fsp3) is 0.333. The molecule has 0 spiro atoms. The van der Waals surface area contributed by atoms with Gasteiger partial charge in [-0.1, -0.05) is 74.9 Å². The van der Waals surface area contributed by atoms with Gasteiger partial charge in [0.25, 0.3) is 0 Å². The Morgan fingerprint density at radius 3 is 1.32 bits per heavy atom. The fourth-order valence-corrected chi connectivity index (χ4v) is 2.74. The third kappa shape index (κ3) is 2.81. The normalized spacial score (nSPS) is 15.2. The zero-order chi connectivity index (χ0) is 12.9. The topological polar surface area (TPSA) is 13.1 Å². The van der Waals surface area contributed by atoms with Crippen LogP contribution in [0.5, 0.6) is 0 Å². The number of benzene rings is 2. The monoisotopic (exact) mass is 252 g/mol. The van der Waals surface area contributed by atoms with Gasteiger partial charge >= 0.3 is 0 Å². The number of furan rings is 1. The van der Waals surface area contributed by atoms with Crippen LogP contribution in [0.2, 0.25) is 0 Å². The molecule has 1 heterocycles. The molecule has 4 rings (SSSR count). The van der Waals surface area contributed by atoms with Crippen LogP contribution in [0.3, 0.4) is 0 Å². The van der Waals surface area contributed by atoms with Crippen LogP contribution in [0.4, 0.5) is 0 Å². The van der Waals surface area contributed by atoms with Crippen LogP contribution < -0.4 is 0 Å². The third-order valence-electron chi connectivity index (χ3n) is 3.78. The average Bonchev–Trinajstić information content (AvgIpc) is 2.88. The van der Waals surface area contributed by atoms with Crippen LogP contribution in [-0.4, -0.2) is 0 Å². The highest BCUT2D eigenvalue weighted by Gasteiger charge is 2.03. The van der Waals surface area contributed by atoms with E-state index >= 15 is 0 Å². The molecule has 1 aliphatic carbocycles. The average molecular weight is 252 g/mol. The molecule has 0 saturated heterocycles. The zero-order valence-electron chi connectivity index (χ0n) is 11.3. The summed E-state index contributed by atoms with van der Waals surface area (Å²) in [5.74, 6) is 0. The van der Waals surface area contributed by atoms with Gasteiger partial charge in [-0.3, -0.25) is 0 Å². The lowest BCUT2D eigenvalue weighted by Crippen LogP contribution is -1.85. The summed E-state index contributed by atoms with van der Waals surface area (Å²) in [4.78, 5) is 0. The lowest BCUT2D eigenvalue weighted by Gasteiger charge is -2.05. The first-order chi connectivity index (χ1) is 9.45. The second-order valence-corrected chi connectivity index (χ2v) is 5.22. The van der Waals surface area contributed by atoms with E-state index in [1.807, 2.05) is 36.4 Å². The molecule has 1 aromatic heterocycles. The Morgan fingerprint density at radius 1 is 0.526 bits per heavy atom. The summed E-state index contributed by atoms with van der Waals surface area (Å²) in [5.41, 5.74) is 1.92. The van der Waals surface area contributed by atoms with Gasteiger partial charge in [0, 0.05) is 10.8 Å². The number of fused-ring (bicyclic) bond motifs is 3. The zero-order valence-corrected chi connectivity index (χ0v) is 11.3. The molecule has 0 unspecified atom stereocenters. The van der Waals surface area contributed by atoms with E-state index in [1.165, 1.54) is 49.3 Å². The molecule has 1 fully saturated rings. The predicted molar refractivity (Wildman–Crippen MR) is 81.4 cm³/mol. The fourth-order valence-electron chi connectivity index (χ4n) is 2.74. The molecule has 1 saturated carbocycles. The lowest BCUT2D eigenvalue weighted by molar-refractivity contribution is 0.504. The van der Waals surface area contributed by atoms with Gasteiger partial charge in [0.15, 0.2) is 0 Å². The largest absolute Gasteiger partial charge is 0.456 e. The van der Waals surface area contributed by atoms with E-state index in [9.17, 15) is 0 Å². The summed E-state index contributed by atoms with van der Waals surface area (Å²) in [5, 5.41) is 2.39. The van der Waals surface area contributed by atoms with Gasteiger partial charge in [-0.05, 0) is 12.1 Å². The van der Waals surface area contributed by atoms with Crippen molar-refractivity contribution in [3.8, 4) is 0 Å². The smallest absolute Gasteiger partial charge is 0.135 e. The van der Waals surface area contributed by atoms with Crippen molar-refractivity contribution in [1.29, 1.82) is 0 Å². The summed E-state index contributed by atoms with van der Waals surface area (Å²) in [7, 11) is 0. The van der Waals surface area contributed by atoms with Crippen LogP contribution in [0.1, 0.15) is 38.5 Å². The molecule has 0 bridgehead atoms. The minimum Gasteiger partial charge on any atom is -0.456 e. The van der Waals surface area contributed by atoms with Crippen molar-refractivity contribution in [3.63, 3.8) is 0 Å².